The molecule has 5 nitrogen and oxygen atoms in total. The minimum Gasteiger partial charge on any atom is -0.512 e. The monoisotopic (exact) mass is 1170 g/mol. The molecule has 9 aromatic rings. The molecule has 2 aliphatic carbocycles. The zero-order valence-corrected chi connectivity index (χ0v) is 47.8. The molecule has 0 saturated heterocycles. The predicted octanol–water partition coefficient (Wildman–Crippen LogP) is 19.4. The molecule has 3 heterocycles. The second kappa shape index (κ2) is 25.1. The number of allylic oxidation sites excluding steroid dienone is 2. The first-order valence-electron chi connectivity index (χ1n) is 27.6. The number of aliphatic hydroxyl groups excluding tert-OH is 1. The van der Waals surface area contributed by atoms with Gasteiger partial charge in [0.15, 0.2) is 5.78 Å². The van der Waals surface area contributed by atoms with Gasteiger partial charge < -0.3 is 14.5 Å². The van der Waals surface area contributed by atoms with E-state index in [1.807, 2.05) is 46.0 Å². The molecule has 11 rings (SSSR count). The summed E-state index contributed by atoms with van der Waals surface area (Å²) in [6, 6.07) is 48.9. The van der Waals surface area contributed by atoms with Gasteiger partial charge in [0.2, 0.25) is 0 Å². The molecular weight excluding hydrogens is 1100 g/mol. The van der Waals surface area contributed by atoms with E-state index < -0.39 is 0 Å². The number of aromatic nitrogens is 2. The zero-order chi connectivity index (χ0) is 51.9. The van der Waals surface area contributed by atoms with E-state index in [1.165, 1.54) is 101 Å². The quantitative estimate of drug-likeness (QED) is 0.0749. The molecule has 0 amide bonds. The molecule has 389 valence electrons. The van der Waals surface area contributed by atoms with Crippen molar-refractivity contribution in [2.75, 3.05) is 0 Å². The van der Waals surface area contributed by atoms with E-state index in [4.69, 9.17) is 9.40 Å². The van der Waals surface area contributed by atoms with Crippen molar-refractivity contribution in [1.82, 2.24) is 9.97 Å². The van der Waals surface area contributed by atoms with E-state index in [1.54, 1.807) is 0 Å². The minimum absolute atomic E-state index is 0. The molecule has 6 aromatic carbocycles. The Morgan fingerprint density at radius 2 is 1.23 bits per heavy atom. The van der Waals surface area contributed by atoms with Crippen LogP contribution in [-0.2, 0) is 24.9 Å². The number of para-hydroxylation sites is 1. The van der Waals surface area contributed by atoms with Gasteiger partial charge in [0.25, 0.3) is 0 Å². The standard InChI is InChI=1S/C34H28NO.C22H22N.C13H24O2.Ir/c1-21-11-13-24(14-12-21)31-20-26-19-25(23-7-3-4-8-23)15-16-27(26)33(35-31)30-18-22(2)17-29-28-9-5-6-10-32(28)36-34(29)30;1-15-11-16(2)13-20(12-15)22-21-8-7-18(17-5-3-4-6-17)14-19(21)9-10-23-22;1-5-10(6-2)12(14)9-13(15)11(7-3)8-4;/h5-6,9-17,19-20,23H,3-4,7-8H2,1-2H3;7-12,14,17H,3-6H2,1-2H3;9-11,14H,5-8H2,1-4H3;/q2*-1;;/b;;12-9-;. The molecule has 0 bridgehead atoms. The van der Waals surface area contributed by atoms with E-state index in [0.29, 0.717) is 5.92 Å². The summed E-state index contributed by atoms with van der Waals surface area (Å²) in [5.74, 6) is 1.97. The van der Waals surface area contributed by atoms with Crippen molar-refractivity contribution in [3.8, 4) is 33.8 Å². The average molecular weight is 1170 g/mol. The van der Waals surface area contributed by atoms with Crippen LogP contribution in [-0.4, -0.2) is 20.9 Å². The van der Waals surface area contributed by atoms with Crippen LogP contribution in [0.3, 0.4) is 0 Å². The van der Waals surface area contributed by atoms with Gasteiger partial charge in [-0.15, -0.1) is 52.6 Å². The molecule has 75 heavy (non-hydrogen) atoms. The van der Waals surface area contributed by atoms with Crippen LogP contribution in [0.2, 0.25) is 0 Å². The summed E-state index contributed by atoms with van der Waals surface area (Å²) in [5.41, 5.74) is 15.6. The summed E-state index contributed by atoms with van der Waals surface area (Å²) in [5, 5.41) is 16.9. The first kappa shape index (κ1) is 55.0. The molecule has 3 aromatic heterocycles. The zero-order valence-electron chi connectivity index (χ0n) is 45.4. The van der Waals surface area contributed by atoms with Gasteiger partial charge in [0.05, 0.1) is 17.0 Å². The molecule has 2 saturated carbocycles. The first-order chi connectivity index (χ1) is 35.9. The van der Waals surface area contributed by atoms with E-state index in [0.717, 1.165) is 98.3 Å². The fraction of sp³-hybridized carbons (Fsp3) is 0.348. The second-order valence-electron chi connectivity index (χ2n) is 21.2. The van der Waals surface area contributed by atoms with Crippen LogP contribution in [0.25, 0.3) is 77.3 Å². The number of fused-ring (bicyclic) bond motifs is 5. The molecule has 0 spiro atoms. The topological polar surface area (TPSA) is 76.2 Å². The summed E-state index contributed by atoms with van der Waals surface area (Å²) < 4.78 is 6.44. The summed E-state index contributed by atoms with van der Waals surface area (Å²) in [7, 11) is 0. The van der Waals surface area contributed by atoms with Crippen molar-refractivity contribution in [3.63, 3.8) is 0 Å². The number of hydrogen-bond donors (Lipinski definition) is 1. The first-order valence-corrected chi connectivity index (χ1v) is 27.6. The Kier molecular flexibility index (Phi) is 18.4. The predicted molar refractivity (Wildman–Crippen MR) is 310 cm³/mol. The fourth-order valence-corrected chi connectivity index (χ4v) is 11.6. The second-order valence-corrected chi connectivity index (χ2v) is 21.2. The van der Waals surface area contributed by atoms with Gasteiger partial charge in [-0.2, -0.15) is 0 Å². The van der Waals surface area contributed by atoms with Crippen LogP contribution in [0.4, 0.5) is 0 Å². The van der Waals surface area contributed by atoms with Crippen LogP contribution in [0.1, 0.15) is 150 Å². The number of carbonyl (C=O) groups is 1. The van der Waals surface area contributed by atoms with Gasteiger partial charge in [-0.1, -0.05) is 170 Å². The number of aryl methyl sites for hydroxylation is 4. The Bertz CT molecular complexity index is 3420. The summed E-state index contributed by atoms with van der Waals surface area (Å²) in [6.45, 7) is 16.5. The Hall–Kier alpha value is -6.20. The van der Waals surface area contributed by atoms with Crippen LogP contribution < -0.4 is 0 Å². The third-order valence-corrected chi connectivity index (χ3v) is 15.9. The molecule has 0 aliphatic heterocycles. The van der Waals surface area contributed by atoms with Gasteiger partial charge in [0, 0.05) is 55.3 Å². The van der Waals surface area contributed by atoms with Gasteiger partial charge in [-0.3, -0.25) is 9.78 Å². The Balaban J connectivity index is 0.000000165. The molecule has 1 radical (unpaired) electrons. The Labute approximate surface area is 459 Å². The minimum atomic E-state index is 0. The van der Waals surface area contributed by atoms with Crippen molar-refractivity contribution in [2.45, 2.75) is 144 Å². The summed E-state index contributed by atoms with van der Waals surface area (Å²) in [6.07, 6.45) is 17.5. The van der Waals surface area contributed by atoms with Crippen LogP contribution in [0.15, 0.2) is 138 Å². The molecule has 0 unspecified atom stereocenters. The molecular formula is C69H74IrN2O3-2. The van der Waals surface area contributed by atoms with Crippen molar-refractivity contribution >= 4 is 49.3 Å². The van der Waals surface area contributed by atoms with E-state index >= 15 is 0 Å². The summed E-state index contributed by atoms with van der Waals surface area (Å²) in [4.78, 5) is 21.6. The number of ketones is 1. The number of nitrogens with zero attached hydrogens (tertiary/aromatic N) is 2. The molecule has 0 atom stereocenters. The van der Waals surface area contributed by atoms with Gasteiger partial charge in [-0.05, 0) is 132 Å². The van der Waals surface area contributed by atoms with E-state index in [9.17, 15) is 9.90 Å². The number of pyridine rings is 2. The smallest absolute Gasteiger partial charge is 0.162 e. The Morgan fingerprint density at radius 3 is 1.85 bits per heavy atom. The van der Waals surface area contributed by atoms with Crippen molar-refractivity contribution in [3.05, 3.63) is 179 Å². The van der Waals surface area contributed by atoms with Crippen LogP contribution >= 0.6 is 0 Å². The number of benzene rings is 6. The maximum atomic E-state index is 11.7. The largest absolute Gasteiger partial charge is 0.512 e. The average Bonchev–Trinajstić information content (AvgIpc) is 4.22. The van der Waals surface area contributed by atoms with Crippen molar-refractivity contribution in [2.24, 2.45) is 11.8 Å². The van der Waals surface area contributed by atoms with Gasteiger partial charge in [-0.25, -0.2) is 0 Å². The number of furan rings is 1. The van der Waals surface area contributed by atoms with Crippen LogP contribution in [0, 0.1) is 51.7 Å². The molecule has 1 N–H and O–H groups in total. The third-order valence-electron chi connectivity index (χ3n) is 15.9. The maximum absolute atomic E-state index is 11.7. The normalized spacial score (nSPS) is 14.1. The van der Waals surface area contributed by atoms with Crippen LogP contribution in [0.5, 0.6) is 0 Å². The molecule has 2 fully saturated rings. The van der Waals surface area contributed by atoms with Crippen molar-refractivity contribution in [1.29, 1.82) is 0 Å². The van der Waals surface area contributed by atoms with Gasteiger partial charge >= 0.3 is 0 Å². The SMILES string of the molecule is CCC(CC)C(=O)/C=C(\O)C(CC)CC.Cc1[c-]c(-c2nc(-c3ccc(C)cc3)cc3cc(C4CCCC4)ccc23)c2oc3ccccc3c2c1.Cc1[c-]c(-c2nccc3cc(C4CCCC4)ccc23)cc(C)c1.[Ir]. The number of rotatable bonds is 12. The summed E-state index contributed by atoms with van der Waals surface area (Å²) >= 11 is 0. The Morgan fingerprint density at radius 1 is 0.627 bits per heavy atom. The molecule has 2 aliphatic rings. The number of carbonyl (C=O) groups excluding carboxylic acids is 1. The van der Waals surface area contributed by atoms with Gasteiger partial charge in [0.1, 0.15) is 5.58 Å². The maximum Gasteiger partial charge on any atom is 0.162 e. The number of hydrogen-bond acceptors (Lipinski definition) is 5. The van der Waals surface area contributed by atoms with E-state index in [2.05, 4.69) is 148 Å². The molecule has 6 heteroatoms. The fourth-order valence-electron chi connectivity index (χ4n) is 11.6. The number of aliphatic hydroxyl groups is 1. The van der Waals surface area contributed by atoms with E-state index in [-0.39, 0.29) is 43.5 Å². The third kappa shape index (κ3) is 12.6. The van der Waals surface area contributed by atoms with Crippen molar-refractivity contribution < 1.29 is 34.4 Å².